The number of H-pyrrole nitrogens is 1. The number of ether oxygens (including phenoxy) is 1. The van der Waals surface area contributed by atoms with Gasteiger partial charge in [-0.2, -0.15) is 5.26 Å². The van der Waals surface area contributed by atoms with Crippen molar-refractivity contribution < 1.29 is 9.53 Å². The second-order valence-corrected chi connectivity index (χ2v) is 8.94. The summed E-state index contributed by atoms with van der Waals surface area (Å²) in [6.45, 7) is 4.42. The van der Waals surface area contributed by atoms with Gasteiger partial charge in [0.15, 0.2) is 0 Å². The first kappa shape index (κ1) is 21.4. The van der Waals surface area contributed by atoms with Gasteiger partial charge in [0, 0.05) is 44.3 Å². The summed E-state index contributed by atoms with van der Waals surface area (Å²) in [5.41, 5.74) is 5.58. The summed E-state index contributed by atoms with van der Waals surface area (Å²) in [7, 11) is 1.61. The molecule has 1 aromatic carbocycles. The predicted octanol–water partition coefficient (Wildman–Crippen LogP) is 3.45. The van der Waals surface area contributed by atoms with Gasteiger partial charge in [-0.05, 0) is 43.5 Å². The molecule has 2 aliphatic rings. The number of methoxy groups -OCH3 is 1. The molecule has 33 heavy (non-hydrogen) atoms. The smallest absolute Gasteiger partial charge is 0.225 e. The quantitative estimate of drug-likeness (QED) is 0.625. The minimum Gasteiger partial charge on any atom is -0.384 e. The number of anilines is 1. The van der Waals surface area contributed by atoms with Crippen molar-refractivity contribution in [2.45, 2.75) is 38.1 Å². The number of fused-ring (bicyclic) bond motifs is 1. The molecule has 0 unspecified atom stereocenters. The molecule has 1 aliphatic carbocycles. The maximum absolute atomic E-state index is 12.5. The highest BCUT2D eigenvalue weighted by molar-refractivity contribution is 5.83. The van der Waals surface area contributed by atoms with Gasteiger partial charge >= 0.3 is 0 Å². The molecule has 5 rings (SSSR count). The lowest BCUT2D eigenvalue weighted by Gasteiger charge is -2.41. The van der Waals surface area contributed by atoms with Gasteiger partial charge in [-0.3, -0.25) is 4.79 Å². The first-order valence-electron chi connectivity index (χ1n) is 11.5. The molecule has 1 N–H and O–H groups in total. The lowest BCUT2D eigenvalue weighted by molar-refractivity contribution is -0.134. The predicted molar refractivity (Wildman–Crippen MR) is 126 cm³/mol. The summed E-state index contributed by atoms with van der Waals surface area (Å²) in [6, 6.07) is 10.6. The van der Waals surface area contributed by atoms with Gasteiger partial charge in [-0.1, -0.05) is 6.07 Å². The van der Waals surface area contributed by atoms with E-state index in [9.17, 15) is 10.1 Å². The van der Waals surface area contributed by atoms with Crippen molar-refractivity contribution in [2.24, 2.45) is 0 Å². The lowest BCUT2D eigenvalue weighted by Crippen LogP contribution is -2.54. The number of nitrogens with one attached hydrogen (secondary N) is 1. The summed E-state index contributed by atoms with van der Waals surface area (Å²) >= 11 is 0. The van der Waals surface area contributed by atoms with Crippen LogP contribution in [-0.2, 0) is 9.53 Å². The number of rotatable bonds is 6. The van der Waals surface area contributed by atoms with Gasteiger partial charge in [0.25, 0.3) is 0 Å². The Morgan fingerprint density at radius 3 is 2.88 bits per heavy atom. The van der Waals surface area contributed by atoms with Crippen LogP contribution in [0.25, 0.3) is 22.2 Å². The highest BCUT2D eigenvalue weighted by Gasteiger charge is 2.33. The highest BCUT2D eigenvalue weighted by Crippen LogP contribution is 2.45. The van der Waals surface area contributed by atoms with E-state index in [-0.39, 0.29) is 11.9 Å². The molecule has 3 heterocycles. The average molecular weight is 445 g/mol. The maximum Gasteiger partial charge on any atom is 0.225 e. The molecule has 170 valence electrons. The minimum atomic E-state index is 0.0440. The summed E-state index contributed by atoms with van der Waals surface area (Å²) in [6.07, 6.45) is 4.32. The summed E-state index contributed by atoms with van der Waals surface area (Å²) in [5.74, 6) is 1.27. The van der Waals surface area contributed by atoms with Crippen molar-refractivity contribution >= 4 is 22.8 Å². The Kier molecular flexibility index (Phi) is 5.73. The molecule has 1 aliphatic heterocycles. The van der Waals surface area contributed by atoms with Crippen molar-refractivity contribution in [1.29, 1.82) is 5.26 Å². The normalized spacial score (nSPS) is 18.5. The Balaban J connectivity index is 1.46. The number of nitrogens with zero attached hydrogens (tertiary/aromatic N) is 5. The van der Waals surface area contributed by atoms with E-state index in [0.29, 0.717) is 44.1 Å². The van der Waals surface area contributed by atoms with Crippen molar-refractivity contribution in [2.75, 3.05) is 38.3 Å². The van der Waals surface area contributed by atoms with Crippen LogP contribution in [0.4, 0.5) is 5.82 Å². The monoisotopic (exact) mass is 444 g/mol. The molecule has 0 radical (unpaired) electrons. The van der Waals surface area contributed by atoms with Crippen LogP contribution >= 0.6 is 0 Å². The molecule has 2 fully saturated rings. The van der Waals surface area contributed by atoms with Crippen molar-refractivity contribution in [3.05, 3.63) is 41.9 Å². The molecule has 3 aromatic rings. The van der Waals surface area contributed by atoms with Crippen molar-refractivity contribution in [3.8, 4) is 17.2 Å². The molecule has 0 bridgehead atoms. The standard InChI is InChI=1S/C25H28N6O2/c1-16-14-30(8-9-31(16)23(32)7-10-33-2)25-19(13-26)11-20(24(29-25)17-3-4-17)18-5-6-21-22(12-18)28-15-27-21/h5-6,11-12,15-17H,3-4,7-10,14H2,1-2H3,(H,27,28)/t16-/m1/s1. The number of aromatic nitrogens is 3. The minimum absolute atomic E-state index is 0.0440. The summed E-state index contributed by atoms with van der Waals surface area (Å²) < 4.78 is 5.06. The zero-order valence-electron chi connectivity index (χ0n) is 19.0. The Labute approximate surface area is 193 Å². The molecule has 1 saturated carbocycles. The number of nitriles is 1. The largest absolute Gasteiger partial charge is 0.384 e. The number of hydrogen-bond donors (Lipinski definition) is 1. The third-order valence-corrected chi connectivity index (χ3v) is 6.62. The van der Waals surface area contributed by atoms with E-state index >= 15 is 0 Å². The van der Waals surface area contributed by atoms with Gasteiger partial charge in [0.05, 0.1) is 41.6 Å². The number of hydrogen-bond acceptors (Lipinski definition) is 6. The second-order valence-electron chi connectivity index (χ2n) is 8.94. The van der Waals surface area contributed by atoms with E-state index in [2.05, 4.69) is 40.0 Å². The van der Waals surface area contributed by atoms with E-state index in [4.69, 9.17) is 9.72 Å². The van der Waals surface area contributed by atoms with Gasteiger partial charge in [0.2, 0.25) is 5.91 Å². The fraction of sp³-hybridized carbons (Fsp3) is 0.440. The third-order valence-electron chi connectivity index (χ3n) is 6.62. The SMILES string of the molecule is COCCC(=O)N1CCN(c2nc(C3CC3)c(-c3ccc4[nH]cnc4c3)cc2C#N)C[C@H]1C. The van der Waals surface area contributed by atoms with E-state index in [1.54, 1.807) is 13.4 Å². The second kappa shape index (κ2) is 8.83. The molecular formula is C25H28N6O2. The van der Waals surface area contributed by atoms with Gasteiger partial charge in [-0.15, -0.1) is 0 Å². The molecule has 1 saturated heterocycles. The number of amides is 1. The fourth-order valence-corrected chi connectivity index (χ4v) is 4.69. The number of imidazole rings is 1. The van der Waals surface area contributed by atoms with Gasteiger partial charge in [-0.25, -0.2) is 9.97 Å². The van der Waals surface area contributed by atoms with Crippen LogP contribution in [0.2, 0.25) is 0 Å². The van der Waals surface area contributed by atoms with E-state index in [1.807, 2.05) is 17.0 Å². The highest BCUT2D eigenvalue weighted by atomic mass is 16.5. The maximum atomic E-state index is 12.5. The Morgan fingerprint density at radius 2 is 2.15 bits per heavy atom. The molecule has 8 heteroatoms. The first-order chi connectivity index (χ1) is 16.1. The van der Waals surface area contributed by atoms with Crippen LogP contribution in [0.5, 0.6) is 0 Å². The van der Waals surface area contributed by atoms with Crippen LogP contribution < -0.4 is 4.90 Å². The van der Waals surface area contributed by atoms with Gasteiger partial charge in [0.1, 0.15) is 11.9 Å². The first-order valence-corrected chi connectivity index (χ1v) is 11.5. The average Bonchev–Trinajstić information content (AvgIpc) is 3.58. The van der Waals surface area contributed by atoms with E-state index in [1.165, 1.54) is 0 Å². The van der Waals surface area contributed by atoms with Gasteiger partial charge < -0.3 is 19.5 Å². The molecule has 1 atom stereocenters. The number of carbonyl (C=O) groups excluding carboxylic acids is 1. The number of aromatic amines is 1. The molecule has 2 aromatic heterocycles. The molecule has 0 spiro atoms. The van der Waals surface area contributed by atoms with E-state index in [0.717, 1.165) is 46.5 Å². The Morgan fingerprint density at radius 1 is 1.30 bits per heavy atom. The summed E-state index contributed by atoms with van der Waals surface area (Å²) in [4.78, 5) is 29.2. The zero-order chi connectivity index (χ0) is 22.9. The van der Waals surface area contributed by atoms with Crippen LogP contribution in [-0.4, -0.2) is 65.2 Å². The van der Waals surface area contributed by atoms with Crippen LogP contribution in [0.15, 0.2) is 30.6 Å². The van der Waals surface area contributed by atoms with Crippen molar-refractivity contribution in [1.82, 2.24) is 19.9 Å². The molecular weight excluding hydrogens is 416 g/mol. The van der Waals surface area contributed by atoms with Crippen LogP contribution in [0, 0.1) is 11.3 Å². The van der Waals surface area contributed by atoms with Crippen molar-refractivity contribution in [3.63, 3.8) is 0 Å². The van der Waals surface area contributed by atoms with E-state index < -0.39 is 0 Å². The summed E-state index contributed by atoms with van der Waals surface area (Å²) in [5, 5.41) is 10.00. The Bertz CT molecular complexity index is 1230. The number of piperazine rings is 1. The number of benzene rings is 1. The zero-order valence-corrected chi connectivity index (χ0v) is 19.0. The number of pyridine rings is 1. The topological polar surface area (TPSA) is 98.1 Å². The Hall–Kier alpha value is -3.44. The number of carbonyl (C=O) groups is 1. The fourth-order valence-electron chi connectivity index (χ4n) is 4.69. The molecule has 8 nitrogen and oxygen atoms in total. The van der Waals surface area contributed by atoms with Crippen LogP contribution in [0.1, 0.15) is 43.4 Å². The lowest BCUT2D eigenvalue weighted by atomic mass is 9.98. The third kappa shape index (κ3) is 4.16. The molecule has 1 amide bonds. The van der Waals surface area contributed by atoms with Crippen LogP contribution in [0.3, 0.4) is 0 Å².